The summed E-state index contributed by atoms with van der Waals surface area (Å²) in [6.45, 7) is 3.17. The Balaban J connectivity index is 1.53. The summed E-state index contributed by atoms with van der Waals surface area (Å²) >= 11 is 0. The minimum Gasteiger partial charge on any atom is -0.494 e. The first-order chi connectivity index (χ1) is 13.3. The first kappa shape index (κ1) is 18.5. The number of aromatic nitrogens is 1. The maximum atomic E-state index is 12.2. The summed E-state index contributed by atoms with van der Waals surface area (Å²) in [7, 11) is 0. The second kappa shape index (κ2) is 9.43. The quantitative estimate of drug-likeness (QED) is 0.560. The SMILES string of the molecule is CCCCOc1ccc(NC(=O)NCc2cccnc2-c2ccco2)cc1. The van der Waals surface area contributed by atoms with Crippen LogP contribution in [0, 0.1) is 0 Å². The van der Waals surface area contributed by atoms with E-state index < -0.39 is 0 Å². The van der Waals surface area contributed by atoms with Crippen LogP contribution < -0.4 is 15.4 Å². The number of carbonyl (C=O) groups is 1. The fourth-order valence-electron chi connectivity index (χ4n) is 2.54. The molecule has 2 heterocycles. The molecule has 140 valence electrons. The Morgan fingerprint density at radius 3 is 2.74 bits per heavy atom. The first-order valence-corrected chi connectivity index (χ1v) is 9.01. The lowest BCUT2D eigenvalue weighted by atomic mass is 10.1. The Bertz CT molecular complexity index is 845. The monoisotopic (exact) mass is 365 g/mol. The lowest BCUT2D eigenvalue weighted by molar-refractivity contribution is 0.251. The summed E-state index contributed by atoms with van der Waals surface area (Å²) in [4.78, 5) is 16.5. The van der Waals surface area contributed by atoms with Crippen LogP contribution in [0.25, 0.3) is 11.5 Å². The van der Waals surface area contributed by atoms with Crippen molar-refractivity contribution in [2.45, 2.75) is 26.3 Å². The first-order valence-electron chi connectivity index (χ1n) is 9.01. The number of ether oxygens (including phenoxy) is 1. The molecule has 27 heavy (non-hydrogen) atoms. The van der Waals surface area contributed by atoms with Crippen LogP contribution in [0.1, 0.15) is 25.3 Å². The van der Waals surface area contributed by atoms with E-state index in [0.29, 0.717) is 24.6 Å². The van der Waals surface area contributed by atoms with Crippen molar-refractivity contribution in [1.29, 1.82) is 0 Å². The van der Waals surface area contributed by atoms with Gasteiger partial charge in [0.1, 0.15) is 11.4 Å². The molecule has 0 spiro atoms. The van der Waals surface area contributed by atoms with E-state index in [1.54, 1.807) is 12.5 Å². The van der Waals surface area contributed by atoms with Gasteiger partial charge < -0.3 is 19.8 Å². The number of nitrogens with zero attached hydrogens (tertiary/aromatic N) is 1. The summed E-state index contributed by atoms with van der Waals surface area (Å²) in [5, 5.41) is 5.65. The predicted octanol–water partition coefficient (Wildman–Crippen LogP) is 4.84. The van der Waals surface area contributed by atoms with Crippen LogP contribution in [0.2, 0.25) is 0 Å². The van der Waals surface area contributed by atoms with Crippen molar-refractivity contribution in [2.75, 3.05) is 11.9 Å². The molecule has 0 saturated carbocycles. The number of nitrogens with one attached hydrogen (secondary N) is 2. The van der Waals surface area contributed by atoms with Gasteiger partial charge in [0.15, 0.2) is 5.76 Å². The number of rotatable bonds is 8. The molecule has 0 aliphatic rings. The van der Waals surface area contributed by atoms with E-state index in [-0.39, 0.29) is 6.03 Å². The Morgan fingerprint density at radius 2 is 2.00 bits per heavy atom. The van der Waals surface area contributed by atoms with E-state index in [0.717, 1.165) is 29.8 Å². The molecule has 2 aromatic heterocycles. The molecule has 6 heteroatoms. The van der Waals surface area contributed by atoms with E-state index in [1.165, 1.54) is 0 Å². The number of hydrogen-bond donors (Lipinski definition) is 2. The Morgan fingerprint density at radius 1 is 1.15 bits per heavy atom. The van der Waals surface area contributed by atoms with E-state index in [9.17, 15) is 4.79 Å². The van der Waals surface area contributed by atoms with Crippen LogP contribution in [0.4, 0.5) is 10.5 Å². The summed E-state index contributed by atoms with van der Waals surface area (Å²) in [5.74, 6) is 1.47. The number of pyridine rings is 1. The highest BCUT2D eigenvalue weighted by molar-refractivity contribution is 5.89. The highest BCUT2D eigenvalue weighted by Gasteiger charge is 2.10. The molecule has 3 aromatic rings. The summed E-state index contributed by atoms with van der Waals surface area (Å²) in [6, 6.07) is 14.4. The van der Waals surface area contributed by atoms with Crippen molar-refractivity contribution in [2.24, 2.45) is 0 Å². The molecule has 6 nitrogen and oxygen atoms in total. The zero-order valence-electron chi connectivity index (χ0n) is 15.3. The number of anilines is 1. The molecule has 0 fully saturated rings. The Labute approximate surface area is 158 Å². The van der Waals surface area contributed by atoms with Gasteiger partial charge in [-0.15, -0.1) is 0 Å². The maximum absolute atomic E-state index is 12.2. The highest BCUT2D eigenvalue weighted by Crippen LogP contribution is 2.21. The van der Waals surface area contributed by atoms with E-state index in [4.69, 9.17) is 9.15 Å². The van der Waals surface area contributed by atoms with Gasteiger partial charge >= 0.3 is 6.03 Å². The van der Waals surface area contributed by atoms with Gasteiger partial charge in [-0.2, -0.15) is 0 Å². The van der Waals surface area contributed by atoms with Crippen molar-refractivity contribution >= 4 is 11.7 Å². The van der Waals surface area contributed by atoms with E-state index in [2.05, 4.69) is 22.5 Å². The number of urea groups is 1. The number of benzene rings is 1. The van der Waals surface area contributed by atoms with Gasteiger partial charge in [0.05, 0.1) is 12.9 Å². The van der Waals surface area contributed by atoms with Crippen molar-refractivity contribution in [1.82, 2.24) is 10.3 Å². The van der Waals surface area contributed by atoms with Crippen LogP contribution >= 0.6 is 0 Å². The van der Waals surface area contributed by atoms with E-state index in [1.807, 2.05) is 48.5 Å². The molecule has 2 N–H and O–H groups in total. The lowest BCUT2D eigenvalue weighted by Crippen LogP contribution is -2.28. The Kier molecular flexibility index (Phi) is 6.46. The molecule has 0 unspecified atom stereocenters. The van der Waals surface area contributed by atoms with Gasteiger partial charge in [-0.1, -0.05) is 19.4 Å². The van der Waals surface area contributed by atoms with Gasteiger partial charge in [-0.25, -0.2) is 4.79 Å². The molecular formula is C21H23N3O3. The van der Waals surface area contributed by atoms with Crippen molar-refractivity contribution in [3.8, 4) is 17.2 Å². The van der Waals surface area contributed by atoms with Gasteiger partial charge in [0.2, 0.25) is 0 Å². The largest absolute Gasteiger partial charge is 0.494 e. The smallest absolute Gasteiger partial charge is 0.319 e. The summed E-state index contributed by atoms with van der Waals surface area (Å²) in [5.41, 5.74) is 2.30. The summed E-state index contributed by atoms with van der Waals surface area (Å²) < 4.78 is 11.0. The number of hydrogen-bond acceptors (Lipinski definition) is 4. The van der Waals surface area contributed by atoms with Crippen LogP contribution in [-0.4, -0.2) is 17.6 Å². The molecule has 0 atom stereocenters. The molecule has 1 aromatic carbocycles. The standard InChI is InChI=1S/C21H23N3O3/c1-2-3-13-26-18-10-8-17(9-11-18)24-21(25)23-15-16-6-4-12-22-20(16)19-7-5-14-27-19/h4-12,14H,2-3,13,15H2,1H3,(H2,23,24,25). The molecule has 0 aliphatic heterocycles. The minimum atomic E-state index is -0.288. The third-order valence-electron chi connectivity index (χ3n) is 3.96. The number of furan rings is 1. The number of amides is 2. The second-order valence-electron chi connectivity index (χ2n) is 6.02. The Hall–Kier alpha value is -3.28. The second-order valence-corrected chi connectivity index (χ2v) is 6.02. The van der Waals surface area contributed by atoms with Gasteiger partial charge in [0.25, 0.3) is 0 Å². The molecule has 0 radical (unpaired) electrons. The molecule has 3 rings (SSSR count). The molecule has 0 saturated heterocycles. The van der Waals surface area contributed by atoms with Gasteiger partial charge in [-0.05, 0) is 48.9 Å². The maximum Gasteiger partial charge on any atom is 0.319 e. The lowest BCUT2D eigenvalue weighted by Gasteiger charge is -2.10. The molecule has 0 bridgehead atoms. The van der Waals surface area contributed by atoms with Crippen molar-refractivity contribution in [3.63, 3.8) is 0 Å². The molecule has 2 amide bonds. The third kappa shape index (κ3) is 5.34. The molecular weight excluding hydrogens is 342 g/mol. The van der Waals surface area contributed by atoms with Crippen LogP contribution in [0.15, 0.2) is 65.4 Å². The predicted molar refractivity (Wildman–Crippen MR) is 105 cm³/mol. The number of carbonyl (C=O) groups excluding carboxylic acids is 1. The minimum absolute atomic E-state index is 0.288. The van der Waals surface area contributed by atoms with Crippen molar-refractivity contribution < 1.29 is 13.9 Å². The van der Waals surface area contributed by atoms with Crippen LogP contribution in [-0.2, 0) is 6.54 Å². The van der Waals surface area contributed by atoms with Crippen LogP contribution in [0.3, 0.4) is 0 Å². The zero-order valence-corrected chi connectivity index (χ0v) is 15.3. The molecule has 0 aliphatic carbocycles. The average Bonchev–Trinajstić information content (AvgIpc) is 3.23. The highest BCUT2D eigenvalue weighted by atomic mass is 16.5. The zero-order chi connectivity index (χ0) is 18.9. The number of unbranched alkanes of at least 4 members (excludes halogenated alkanes) is 1. The fourth-order valence-corrected chi connectivity index (χ4v) is 2.54. The van der Waals surface area contributed by atoms with E-state index >= 15 is 0 Å². The van der Waals surface area contributed by atoms with Gasteiger partial charge in [-0.3, -0.25) is 4.98 Å². The van der Waals surface area contributed by atoms with Crippen molar-refractivity contribution in [3.05, 3.63) is 66.6 Å². The third-order valence-corrected chi connectivity index (χ3v) is 3.96. The van der Waals surface area contributed by atoms with Crippen LogP contribution in [0.5, 0.6) is 5.75 Å². The normalized spacial score (nSPS) is 10.4. The fraction of sp³-hybridized carbons (Fsp3) is 0.238. The van der Waals surface area contributed by atoms with Gasteiger partial charge in [0, 0.05) is 24.0 Å². The summed E-state index contributed by atoms with van der Waals surface area (Å²) in [6.07, 6.45) is 5.42. The average molecular weight is 365 g/mol. The topological polar surface area (TPSA) is 76.4 Å².